The monoisotopic (exact) mass is 290 g/mol. The standard InChI is InChI=1S/C17H26N2O2/c1-3-13-8-9-18-16(11-13)17(20)19-12-14-6-5-7-15(10-14)21-4-2/h5-7,10,13,16,18H,3-4,8-9,11-12H2,1-2H3,(H,19,20). The molecule has 2 unspecified atom stereocenters. The molecule has 1 aromatic rings. The van der Waals surface area contributed by atoms with E-state index < -0.39 is 0 Å². The van der Waals surface area contributed by atoms with Crippen LogP contribution in [0.25, 0.3) is 0 Å². The van der Waals surface area contributed by atoms with E-state index in [1.54, 1.807) is 0 Å². The van der Waals surface area contributed by atoms with Crippen molar-refractivity contribution in [1.82, 2.24) is 10.6 Å². The van der Waals surface area contributed by atoms with Crippen molar-refractivity contribution in [2.75, 3.05) is 13.2 Å². The zero-order valence-electron chi connectivity index (χ0n) is 13.0. The minimum absolute atomic E-state index is 0.0428. The third kappa shape index (κ3) is 4.74. The quantitative estimate of drug-likeness (QED) is 0.846. The van der Waals surface area contributed by atoms with Crippen LogP contribution in [0.5, 0.6) is 5.75 Å². The Labute approximate surface area is 127 Å². The van der Waals surface area contributed by atoms with Gasteiger partial charge in [0.05, 0.1) is 12.6 Å². The first-order valence-corrected chi connectivity index (χ1v) is 7.95. The summed E-state index contributed by atoms with van der Waals surface area (Å²) in [4.78, 5) is 12.2. The molecule has 4 heteroatoms. The zero-order valence-corrected chi connectivity index (χ0v) is 13.0. The molecule has 1 aromatic carbocycles. The molecule has 0 bridgehead atoms. The summed E-state index contributed by atoms with van der Waals surface area (Å²) in [5, 5.41) is 6.34. The van der Waals surface area contributed by atoms with Crippen LogP contribution in [0.1, 0.15) is 38.7 Å². The van der Waals surface area contributed by atoms with Gasteiger partial charge < -0.3 is 15.4 Å². The van der Waals surface area contributed by atoms with Gasteiger partial charge in [0.25, 0.3) is 0 Å². The van der Waals surface area contributed by atoms with Gasteiger partial charge in [0.15, 0.2) is 0 Å². The number of carbonyl (C=O) groups is 1. The van der Waals surface area contributed by atoms with Gasteiger partial charge in [0.1, 0.15) is 5.75 Å². The highest BCUT2D eigenvalue weighted by Crippen LogP contribution is 2.19. The fourth-order valence-corrected chi connectivity index (χ4v) is 2.79. The van der Waals surface area contributed by atoms with Crippen LogP contribution in [0.15, 0.2) is 24.3 Å². The lowest BCUT2D eigenvalue weighted by molar-refractivity contribution is -0.124. The smallest absolute Gasteiger partial charge is 0.237 e. The van der Waals surface area contributed by atoms with Crippen LogP contribution in [0.2, 0.25) is 0 Å². The molecule has 2 rings (SSSR count). The molecule has 0 saturated carbocycles. The molecule has 1 aliphatic rings. The normalized spacial score (nSPS) is 21.8. The summed E-state index contributed by atoms with van der Waals surface area (Å²) in [6.45, 7) is 6.31. The maximum absolute atomic E-state index is 12.2. The van der Waals surface area contributed by atoms with E-state index in [1.807, 2.05) is 31.2 Å². The van der Waals surface area contributed by atoms with E-state index in [0.29, 0.717) is 19.1 Å². The minimum atomic E-state index is -0.0428. The Morgan fingerprint density at radius 3 is 3.05 bits per heavy atom. The van der Waals surface area contributed by atoms with E-state index in [4.69, 9.17) is 4.74 Å². The van der Waals surface area contributed by atoms with Crippen molar-refractivity contribution in [3.8, 4) is 5.75 Å². The summed E-state index contributed by atoms with van der Waals surface area (Å²) in [7, 11) is 0. The lowest BCUT2D eigenvalue weighted by atomic mass is 9.90. The van der Waals surface area contributed by atoms with Gasteiger partial charge in [0, 0.05) is 6.54 Å². The van der Waals surface area contributed by atoms with Crippen LogP contribution in [-0.4, -0.2) is 25.1 Å². The van der Waals surface area contributed by atoms with E-state index >= 15 is 0 Å². The largest absolute Gasteiger partial charge is 0.494 e. The first-order valence-electron chi connectivity index (χ1n) is 7.95. The van der Waals surface area contributed by atoms with Crippen molar-refractivity contribution in [3.63, 3.8) is 0 Å². The van der Waals surface area contributed by atoms with Crippen LogP contribution < -0.4 is 15.4 Å². The number of amides is 1. The topological polar surface area (TPSA) is 50.4 Å². The van der Waals surface area contributed by atoms with Gasteiger partial charge >= 0.3 is 0 Å². The first kappa shape index (κ1) is 15.8. The third-order valence-electron chi connectivity index (χ3n) is 4.08. The Kier molecular flexibility index (Phi) is 6.05. The fraction of sp³-hybridized carbons (Fsp3) is 0.588. The summed E-state index contributed by atoms with van der Waals surface area (Å²) < 4.78 is 5.47. The molecular weight excluding hydrogens is 264 g/mol. The Bertz CT molecular complexity index is 462. The second-order valence-corrected chi connectivity index (χ2v) is 5.60. The van der Waals surface area contributed by atoms with Gasteiger partial charge in [0.2, 0.25) is 5.91 Å². The van der Waals surface area contributed by atoms with Crippen molar-refractivity contribution in [2.45, 2.75) is 45.7 Å². The summed E-state index contributed by atoms with van der Waals surface area (Å²) >= 11 is 0. The van der Waals surface area contributed by atoms with Crippen LogP contribution in [0.3, 0.4) is 0 Å². The second-order valence-electron chi connectivity index (χ2n) is 5.60. The summed E-state index contributed by atoms with van der Waals surface area (Å²) in [6.07, 6.45) is 3.28. The van der Waals surface area contributed by atoms with Crippen molar-refractivity contribution in [1.29, 1.82) is 0 Å². The SMILES string of the molecule is CCOc1cccc(CNC(=O)C2CC(CC)CCN2)c1. The Hall–Kier alpha value is -1.55. The molecule has 0 aromatic heterocycles. The molecular formula is C17H26N2O2. The second kappa shape index (κ2) is 8.03. The van der Waals surface area contributed by atoms with Crippen molar-refractivity contribution >= 4 is 5.91 Å². The molecule has 21 heavy (non-hydrogen) atoms. The Balaban J connectivity index is 1.84. The highest BCUT2D eigenvalue weighted by molar-refractivity contribution is 5.81. The van der Waals surface area contributed by atoms with Crippen LogP contribution in [0, 0.1) is 5.92 Å². The van der Waals surface area contributed by atoms with Crippen LogP contribution in [0.4, 0.5) is 0 Å². The number of rotatable bonds is 6. The molecule has 1 amide bonds. The average Bonchev–Trinajstić information content (AvgIpc) is 2.53. The van der Waals surface area contributed by atoms with E-state index in [2.05, 4.69) is 17.6 Å². The van der Waals surface area contributed by atoms with Crippen molar-refractivity contribution < 1.29 is 9.53 Å². The predicted molar refractivity (Wildman–Crippen MR) is 84.3 cm³/mol. The average molecular weight is 290 g/mol. The Morgan fingerprint density at radius 1 is 1.43 bits per heavy atom. The van der Waals surface area contributed by atoms with E-state index in [9.17, 15) is 4.79 Å². The van der Waals surface area contributed by atoms with Gasteiger partial charge in [-0.25, -0.2) is 0 Å². The number of ether oxygens (including phenoxy) is 1. The maximum atomic E-state index is 12.2. The van der Waals surface area contributed by atoms with Gasteiger partial charge in [-0.2, -0.15) is 0 Å². The number of hydrogen-bond acceptors (Lipinski definition) is 3. The summed E-state index contributed by atoms with van der Waals surface area (Å²) in [5.41, 5.74) is 1.07. The lowest BCUT2D eigenvalue weighted by Gasteiger charge is -2.28. The molecule has 0 aliphatic carbocycles. The number of piperidine rings is 1. The van der Waals surface area contributed by atoms with Crippen molar-refractivity contribution in [3.05, 3.63) is 29.8 Å². The molecule has 1 saturated heterocycles. The highest BCUT2D eigenvalue weighted by atomic mass is 16.5. The van der Waals surface area contributed by atoms with E-state index in [0.717, 1.165) is 30.7 Å². The van der Waals surface area contributed by atoms with Crippen LogP contribution >= 0.6 is 0 Å². The molecule has 116 valence electrons. The predicted octanol–water partition coefficient (Wildman–Crippen LogP) is 2.48. The molecule has 1 aliphatic heterocycles. The molecule has 0 radical (unpaired) electrons. The summed E-state index contributed by atoms with van der Waals surface area (Å²) in [5.74, 6) is 1.63. The van der Waals surface area contributed by atoms with Gasteiger partial charge in [-0.3, -0.25) is 4.79 Å². The molecule has 2 atom stereocenters. The van der Waals surface area contributed by atoms with Gasteiger partial charge in [-0.05, 0) is 49.9 Å². The van der Waals surface area contributed by atoms with Crippen molar-refractivity contribution in [2.24, 2.45) is 5.92 Å². The third-order valence-corrected chi connectivity index (χ3v) is 4.08. The van der Waals surface area contributed by atoms with E-state index in [-0.39, 0.29) is 11.9 Å². The number of benzene rings is 1. The number of hydrogen-bond donors (Lipinski definition) is 2. The molecule has 0 spiro atoms. The lowest BCUT2D eigenvalue weighted by Crippen LogP contribution is -2.48. The number of carbonyl (C=O) groups excluding carboxylic acids is 1. The molecule has 1 heterocycles. The maximum Gasteiger partial charge on any atom is 0.237 e. The van der Waals surface area contributed by atoms with E-state index in [1.165, 1.54) is 6.42 Å². The molecule has 1 fully saturated rings. The first-order chi connectivity index (χ1) is 10.2. The Morgan fingerprint density at radius 2 is 2.29 bits per heavy atom. The minimum Gasteiger partial charge on any atom is -0.494 e. The number of nitrogens with one attached hydrogen (secondary N) is 2. The molecule has 4 nitrogen and oxygen atoms in total. The van der Waals surface area contributed by atoms with Gasteiger partial charge in [-0.15, -0.1) is 0 Å². The zero-order chi connectivity index (χ0) is 15.1. The fourth-order valence-electron chi connectivity index (χ4n) is 2.79. The van der Waals surface area contributed by atoms with Crippen LogP contribution in [-0.2, 0) is 11.3 Å². The molecule has 2 N–H and O–H groups in total. The van der Waals surface area contributed by atoms with Gasteiger partial charge in [-0.1, -0.05) is 25.5 Å². The highest BCUT2D eigenvalue weighted by Gasteiger charge is 2.25. The summed E-state index contributed by atoms with van der Waals surface area (Å²) in [6, 6.07) is 7.83.